The number of ether oxygens (including phenoxy) is 1. The molecular formula is C13H12ClN3O. The molecule has 1 aromatic carbocycles. The summed E-state index contributed by atoms with van der Waals surface area (Å²) in [6, 6.07) is 9.91. The van der Waals surface area contributed by atoms with Crippen LogP contribution in [0.5, 0.6) is 5.75 Å². The molecule has 0 radical (unpaired) electrons. The molecule has 1 aromatic heterocycles. The van der Waals surface area contributed by atoms with Crippen molar-refractivity contribution < 1.29 is 4.74 Å². The summed E-state index contributed by atoms with van der Waals surface area (Å²) in [6.45, 7) is 2.18. The fourth-order valence-electron chi connectivity index (χ4n) is 2.02. The number of hydrogen-bond donors (Lipinski definition) is 0. The van der Waals surface area contributed by atoms with Gasteiger partial charge in [0.25, 0.3) is 0 Å². The minimum absolute atomic E-state index is 0.269. The Balaban J connectivity index is 1.91. The van der Waals surface area contributed by atoms with Crippen LogP contribution in [0, 0.1) is 0 Å². The molecule has 0 amide bonds. The predicted octanol–water partition coefficient (Wildman–Crippen LogP) is 2.53. The monoisotopic (exact) mass is 261 g/mol. The number of benzene rings is 1. The summed E-state index contributed by atoms with van der Waals surface area (Å²) in [5, 5.41) is 0.269. The SMILES string of the molecule is Clc1nccc(N2CCOc3ccccc3C2)n1. The van der Waals surface area contributed by atoms with Crippen LogP contribution < -0.4 is 9.64 Å². The Kier molecular flexibility index (Phi) is 3.02. The minimum Gasteiger partial charge on any atom is -0.491 e. The zero-order chi connectivity index (χ0) is 12.4. The van der Waals surface area contributed by atoms with E-state index in [0.717, 1.165) is 30.2 Å². The standard InChI is InChI=1S/C13H12ClN3O/c14-13-15-6-5-12(16-13)17-7-8-18-11-4-2-1-3-10(11)9-17/h1-6H,7-9H2. The second-order valence-electron chi connectivity index (χ2n) is 4.06. The van der Waals surface area contributed by atoms with Gasteiger partial charge < -0.3 is 9.64 Å². The Morgan fingerprint density at radius 2 is 2.11 bits per heavy atom. The van der Waals surface area contributed by atoms with Gasteiger partial charge in [0.15, 0.2) is 0 Å². The van der Waals surface area contributed by atoms with Crippen molar-refractivity contribution in [3.63, 3.8) is 0 Å². The summed E-state index contributed by atoms with van der Waals surface area (Å²) >= 11 is 5.82. The van der Waals surface area contributed by atoms with Gasteiger partial charge in [0.2, 0.25) is 5.28 Å². The molecule has 0 unspecified atom stereocenters. The fourth-order valence-corrected chi connectivity index (χ4v) is 2.17. The third-order valence-electron chi connectivity index (χ3n) is 2.89. The molecular weight excluding hydrogens is 250 g/mol. The summed E-state index contributed by atoms with van der Waals surface area (Å²) in [5.41, 5.74) is 1.16. The molecule has 18 heavy (non-hydrogen) atoms. The zero-order valence-corrected chi connectivity index (χ0v) is 10.5. The van der Waals surface area contributed by atoms with Gasteiger partial charge in [0.05, 0.1) is 6.54 Å². The lowest BCUT2D eigenvalue weighted by molar-refractivity contribution is 0.331. The van der Waals surface area contributed by atoms with Crippen molar-refractivity contribution >= 4 is 17.4 Å². The molecule has 0 aliphatic carbocycles. The normalized spacial score (nSPS) is 14.6. The van der Waals surface area contributed by atoms with Crippen LogP contribution in [0.3, 0.4) is 0 Å². The van der Waals surface area contributed by atoms with Crippen molar-refractivity contribution in [3.8, 4) is 5.75 Å². The molecule has 0 saturated heterocycles. The van der Waals surface area contributed by atoms with Gasteiger partial charge in [-0.3, -0.25) is 0 Å². The molecule has 2 heterocycles. The van der Waals surface area contributed by atoms with Gasteiger partial charge in [-0.05, 0) is 23.7 Å². The summed E-state index contributed by atoms with van der Waals surface area (Å²) < 4.78 is 5.71. The van der Waals surface area contributed by atoms with Crippen molar-refractivity contribution in [2.24, 2.45) is 0 Å². The van der Waals surface area contributed by atoms with E-state index in [0.29, 0.717) is 6.61 Å². The van der Waals surface area contributed by atoms with Gasteiger partial charge in [-0.15, -0.1) is 0 Å². The van der Waals surface area contributed by atoms with E-state index in [9.17, 15) is 0 Å². The lowest BCUT2D eigenvalue weighted by atomic mass is 10.2. The second-order valence-corrected chi connectivity index (χ2v) is 4.40. The highest BCUT2D eigenvalue weighted by atomic mass is 35.5. The molecule has 92 valence electrons. The highest BCUT2D eigenvalue weighted by molar-refractivity contribution is 6.28. The first kappa shape index (κ1) is 11.3. The minimum atomic E-state index is 0.269. The zero-order valence-electron chi connectivity index (χ0n) is 9.71. The summed E-state index contributed by atoms with van der Waals surface area (Å²) in [6.07, 6.45) is 1.67. The molecule has 5 heteroatoms. The van der Waals surface area contributed by atoms with Crippen molar-refractivity contribution in [1.82, 2.24) is 9.97 Å². The Bertz CT molecular complexity index is 561. The van der Waals surface area contributed by atoms with E-state index in [1.807, 2.05) is 24.3 Å². The average Bonchev–Trinajstić information content (AvgIpc) is 2.60. The first-order valence-corrected chi connectivity index (χ1v) is 6.15. The predicted molar refractivity (Wildman–Crippen MR) is 70.0 cm³/mol. The number of rotatable bonds is 1. The summed E-state index contributed by atoms with van der Waals surface area (Å²) in [4.78, 5) is 10.3. The van der Waals surface area contributed by atoms with Crippen LogP contribution in [0.25, 0.3) is 0 Å². The van der Waals surface area contributed by atoms with Crippen LogP contribution in [-0.4, -0.2) is 23.1 Å². The van der Waals surface area contributed by atoms with E-state index < -0.39 is 0 Å². The maximum atomic E-state index is 5.82. The number of anilines is 1. The second kappa shape index (κ2) is 4.82. The quantitative estimate of drug-likeness (QED) is 0.740. The molecule has 4 nitrogen and oxygen atoms in total. The number of fused-ring (bicyclic) bond motifs is 1. The molecule has 0 fully saturated rings. The van der Waals surface area contributed by atoms with Crippen LogP contribution in [-0.2, 0) is 6.54 Å². The molecule has 0 atom stereocenters. The molecule has 0 spiro atoms. The van der Waals surface area contributed by atoms with Crippen molar-refractivity contribution in [2.75, 3.05) is 18.1 Å². The molecule has 0 bridgehead atoms. The number of hydrogen-bond acceptors (Lipinski definition) is 4. The van der Waals surface area contributed by atoms with E-state index in [1.54, 1.807) is 6.20 Å². The largest absolute Gasteiger partial charge is 0.491 e. The maximum absolute atomic E-state index is 5.82. The average molecular weight is 262 g/mol. The number of aromatic nitrogens is 2. The third-order valence-corrected chi connectivity index (χ3v) is 3.07. The first-order valence-electron chi connectivity index (χ1n) is 5.77. The van der Waals surface area contributed by atoms with E-state index in [1.165, 1.54) is 0 Å². The Morgan fingerprint density at radius 1 is 1.22 bits per heavy atom. The van der Waals surface area contributed by atoms with E-state index in [4.69, 9.17) is 16.3 Å². The van der Waals surface area contributed by atoms with Crippen molar-refractivity contribution in [3.05, 3.63) is 47.4 Å². The van der Waals surface area contributed by atoms with E-state index in [-0.39, 0.29) is 5.28 Å². The Morgan fingerprint density at radius 3 is 3.00 bits per heavy atom. The van der Waals surface area contributed by atoms with Crippen LogP contribution in [0.4, 0.5) is 5.82 Å². The number of halogens is 1. The Labute approximate surface area is 110 Å². The van der Waals surface area contributed by atoms with Gasteiger partial charge in [0.1, 0.15) is 18.2 Å². The van der Waals surface area contributed by atoms with Crippen molar-refractivity contribution in [2.45, 2.75) is 6.54 Å². The van der Waals surface area contributed by atoms with Crippen molar-refractivity contribution in [1.29, 1.82) is 0 Å². The lowest BCUT2D eigenvalue weighted by Crippen LogP contribution is -2.26. The van der Waals surface area contributed by atoms with Crippen LogP contribution in [0.2, 0.25) is 5.28 Å². The highest BCUT2D eigenvalue weighted by Crippen LogP contribution is 2.25. The molecule has 0 saturated carbocycles. The van der Waals surface area contributed by atoms with Gasteiger partial charge in [-0.1, -0.05) is 18.2 Å². The van der Waals surface area contributed by atoms with E-state index >= 15 is 0 Å². The van der Waals surface area contributed by atoms with Gasteiger partial charge in [0, 0.05) is 18.3 Å². The number of nitrogens with zero attached hydrogens (tertiary/aromatic N) is 3. The fraction of sp³-hybridized carbons (Fsp3) is 0.231. The third kappa shape index (κ3) is 2.24. The molecule has 0 N–H and O–H groups in total. The highest BCUT2D eigenvalue weighted by Gasteiger charge is 2.16. The Hall–Kier alpha value is -1.81. The van der Waals surface area contributed by atoms with Gasteiger partial charge in [-0.25, -0.2) is 9.97 Å². The lowest BCUT2D eigenvalue weighted by Gasteiger charge is -2.20. The van der Waals surface area contributed by atoms with Crippen LogP contribution >= 0.6 is 11.6 Å². The molecule has 1 aliphatic rings. The van der Waals surface area contributed by atoms with Crippen LogP contribution in [0.15, 0.2) is 36.5 Å². The molecule has 3 rings (SSSR count). The smallest absolute Gasteiger partial charge is 0.224 e. The number of para-hydroxylation sites is 1. The molecule has 2 aromatic rings. The summed E-state index contributed by atoms with van der Waals surface area (Å²) in [7, 11) is 0. The summed E-state index contributed by atoms with van der Waals surface area (Å²) in [5.74, 6) is 1.77. The molecule has 1 aliphatic heterocycles. The maximum Gasteiger partial charge on any atom is 0.224 e. The van der Waals surface area contributed by atoms with Gasteiger partial charge >= 0.3 is 0 Å². The first-order chi connectivity index (χ1) is 8.83. The van der Waals surface area contributed by atoms with Crippen LogP contribution in [0.1, 0.15) is 5.56 Å². The van der Waals surface area contributed by atoms with Gasteiger partial charge in [-0.2, -0.15) is 0 Å². The van der Waals surface area contributed by atoms with E-state index in [2.05, 4.69) is 20.9 Å². The topological polar surface area (TPSA) is 38.2 Å².